The van der Waals surface area contributed by atoms with Crippen LogP contribution in [0.15, 0.2) is 23.6 Å². The topological polar surface area (TPSA) is 72.5 Å². The third-order valence-corrected chi connectivity index (χ3v) is 4.41. The molecule has 1 aromatic heterocycles. The summed E-state index contributed by atoms with van der Waals surface area (Å²) in [6.45, 7) is 4.41. The van der Waals surface area contributed by atoms with E-state index in [0.29, 0.717) is 18.7 Å². The Bertz CT molecular complexity index is 687. The zero-order chi connectivity index (χ0) is 17.5. The lowest BCUT2D eigenvalue weighted by Gasteiger charge is -2.18. The van der Waals surface area contributed by atoms with Crippen LogP contribution in [-0.4, -0.2) is 31.8 Å². The van der Waals surface area contributed by atoms with Crippen LogP contribution in [-0.2, 0) is 6.42 Å². The molecule has 1 heterocycles. The number of thiazole rings is 1. The standard InChI is InChI=1S/C17H23N3O3S/c1-11(15-9-14(22-3)5-6-16(15)23-4)19-17(21)18-8-7-13-10-24-12(2)20-13/h5-6,9-11H,7-8H2,1-4H3,(H2,18,19,21). The van der Waals surface area contributed by atoms with Crippen molar-refractivity contribution >= 4 is 17.4 Å². The number of ether oxygens (including phenoxy) is 2. The van der Waals surface area contributed by atoms with Gasteiger partial charge < -0.3 is 20.1 Å². The van der Waals surface area contributed by atoms with E-state index in [1.54, 1.807) is 25.6 Å². The lowest BCUT2D eigenvalue weighted by Crippen LogP contribution is -2.38. The van der Waals surface area contributed by atoms with Crippen LogP contribution >= 0.6 is 11.3 Å². The fraction of sp³-hybridized carbons (Fsp3) is 0.412. The van der Waals surface area contributed by atoms with Gasteiger partial charge in [0.2, 0.25) is 0 Å². The van der Waals surface area contributed by atoms with Crippen molar-refractivity contribution in [3.63, 3.8) is 0 Å². The first-order chi connectivity index (χ1) is 11.5. The number of carbonyl (C=O) groups excluding carboxylic acids is 1. The maximum atomic E-state index is 12.1. The number of aryl methyl sites for hydroxylation is 1. The molecular weight excluding hydrogens is 326 g/mol. The molecule has 0 radical (unpaired) electrons. The lowest BCUT2D eigenvalue weighted by atomic mass is 10.1. The number of benzene rings is 1. The Hall–Kier alpha value is -2.28. The summed E-state index contributed by atoms with van der Waals surface area (Å²) in [6.07, 6.45) is 0.717. The molecule has 0 saturated heterocycles. The second kappa shape index (κ2) is 8.54. The molecule has 0 aliphatic heterocycles. The average Bonchev–Trinajstić information content (AvgIpc) is 2.99. The Balaban J connectivity index is 1.88. The number of carbonyl (C=O) groups is 1. The fourth-order valence-electron chi connectivity index (χ4n) is 2.33. The van der Waals surface area contributed by atoms with Gasteiger partial charge in [0.15, 0.2) is 0 Å². The molecule has 2 aromatic rings. The monoisotopic (exact) mass is 349 g/mol. The Labute approximate surface area is 146 Å². The minimum absolute atomic E-state index is 0.212. The number of urea groups is 1. The van der Waals surface area contributed by atoms with Gasteiger partial charge in [-0.25, -0.2) is 9.78 Å². The highest BCUT2D eigenvalue weighted by molar-refractivity contribution is 7.09. The van der Waals surface area contributed by atoms with Gasteiger partial charge in [0.25, 0.3) is 0 Å². The summed E-state index contributed by atoms with van der Waals surface area (Å²) in [7, 11) is 3.21. The molecule has 0 spiro atoms. The molecular formula is C17H23N3O3S. The summed E-state index contributed by atoms with van der Waals surface area (Å²) in [5, 5.41) is 8.81. The van der Waals surface area contributed by atoms with E-state index >= 15 is 0 Å². The maximum absolute atomic E-state index is 12.1. The van der Waals surface area contributed by atoms with E-state index in [1.165, 1.54) is 0 Å². The van der Waals surface area contributed by atoms with E-state index in [-0.39, 0.29) is 12.1 Å². The highest BCUT2D eigenvalue weighted by atomic mass is 32.1. The first-order valence-electron chi connectivity index (χ1n) is 7.70. The van der Waals surface area contributed by atoms with E-state index < -0.39 is 0 Å². The van der Waals surface area contributed by atoms with Crippen molar-refractivity contribution in [3.8, 4) is 11.5 Å². The summed E-state index contributed by atoms with van der Waals surface area (Å²) in [5.41, 5.74) is 1.86. The molecule has 24 heavy (non-hydrogen) atoms. The van der Waals surface area contributed by atoms with E-state index in [4.69, 9.17) is 9.47 Å². The summed E-state index contributed by atoms with van der Waals surface area (Å²) < 4.78 is 10.6. The fourth-order valence-corrected chi connectivity index (χ4v) is 2.98. The highest BCUT2D eigenvalue weighted by Gasteiger charge is 2.15. The van der Waals surface area contributed by atoms with Crippen LogP contribution in [0.5, 0.6) is 11.5 Å². The maximum Gasteiger partial charge on any atom is 0.315 e. The second-order valence-corrected chi connectivity index (χ2v) is 6.40. The minimum atomic E-state index is -0.223. The smallest absolute Gasteiger partial charge is 0.315 e. The Morgan fingerprint density at radius 2 is 2.12 bits per heavy atom. The molecule has 0 aliphatic rings. The van der Waals surface area contributed by atoms with Gasteiger partial charge in [0.05, 0.1) is 31.0 Å². The zero-order valence-corrected chi connectivity index (χ0v) is 15.2. The van der Waals surface area contributed by atoms with Crippen molar-refractivity contribution < 1.29 is 14.3 Å². The van der Waals surface area contributed by atoms with Gasteiger partial charge in [-0.3, -0.25) is 0 Å². The third-order valence-electron chi connectivity index (χ3n) is 3.58. The number of nitrogens with one attached hydrogen (secondary N) is 2. The Morgan fingerprint density at radius 1 is 1.33 bits per heavy atom. The molecule has 1 unspecified atom stereocenters. The number of methoxy groups -OCH3 is 2. The molecule has 0 fully saturated rings. The van der Waals surface area contributed by atoms with E-state index in [2.05, 4.69) is 15.6 Å². The predicted octanol–water partition coefficient (Wildman–Crippen LogP) is 3.07. The van der Waals surface area contributed by atoms with Crippen LogP contribution in [0.4, 0.5) is 4.79 Å². The predicted molar refractivity (Wildman–Crippen MR) is 95.1 cm³/mol. The first-order valence-corrected chi connectivity index (χ1v) is 8.58. The van der Waals surface area contributed by atoms with Crippen LogP contribution in [0, 0.1) is 6.92 Å². The molecule has 6 nitrogen and oxygen atoms in total. The second-order valence-electron chi connectivity index (χ2n) is 5.34. The molecule has 0 aliphatic carbocycles. The zero-order valence-electron chi connectivity index (χ0n) is 14.4. The molecule has 7 heteroatoms. The van der Waals surface area contributed by atoms with Gasteiger partial charge in [0.1, 0.15) is 11.5 Å². The quantitative estimate of drug-likeness (QED) is 0.806. The van der Waals surface area contributed by atoms with Crippen molar-refractivity contribution in [3.05, 3.63) is 39.8 Å². The van der Waals surface area contributed by atoms with Gasteiger partial charge in [-0.05, 0) is 32.0 Å². The molecule has 1 aromatic carbocycles. The first kappa shape index (κ1) is 18.1. The van der Waals surface area contributed by atoms with E-state index in [0.717, 1.165) is 22.0 Å². The molecule has 1 atom stereocenters. The van der Waals surface area contributed by atoms with Crippen LogP contribution in [0.2, 0.25) is 0 Å². The van der Waals surface area contributed by atoms with Crippen LogP contribution in [0.1, 0.15) is 29.2 Å². The van der Waals surface area contributed by atoms with Gasteiger partial charge in [-0.1, -0.05) is 0 Å². The van der Waals surface area contributed by atoms with Crippen molar-refractivity contribution in [1.29, 1.82) is 0 Å². The van der Waals surface area contributed by atoms with Crippen molar-refractivity contribution in [2.75, 3.05) is 20.8 Å². The van der Waals surface area contributed by atoms with Crippen molar-refractivity contribution in [1.82, 2.24) is 15.6 Å². The molecule has 0 saturated carbocycles. The SMILES string of the molecule is COc1ccc(OC)c(C(C)NC(=O)NCCc2csc(C)n2)c1. The van der Waals surface area contributed by atoms with E-state index in [9.17, 15) is 4.79 Å². The van der Waals surface area contributed by atoms with E-state index in [1.807, 2.05) is 37.4 Å². The summed E-state index contributed by atoms with van der Waals surface area (Å²) in [5.74, 6) is 1.43. The number of amides is 2. The number of hydrogen-bond donors (Lipinski definition) is 2. The Kier molecular flexibility index (Phi) is 6.43. The van der Waals surface area contributed by atoms with Crippen LogP contribution in [0.3, 0.4) is 0 Å². The summed E-state index contributed by atoms with van der Waals surface area (Å²) in [4.78, 5) is 16.4. The van der Waals surface area contributed by atoms with Gasteiger partial charge >= 0.3 is 6.03 Å². The molecule has 2 amide bonds. The third kappa shape index (κ3) is 4.86. The largest absolute Gasteiger partial charge is 0.497 e. The number of hydrogen-bond acceptors (Lipinski definition) is 5. The average molecular weight is 349 g/mol. The van der Waals surface area contributed by atoms with Crippen LogP contribution in [0.25, 0.3) is 0 Å². The van der Waals surface area contributed by atoms with Crippen molar-refractivity contribution in [2.45, 2.75) is 26.3 Å². The van der Waals surface area contributed by atoms with Gasteiger partial charge in [-0.2, -0.15) is 0 Å². The number of nitrogens with zero attached hydrogens (tertiary/aromatic N) is 1. The summed E-state index contributed by atoms with van der Waals surface area (Å²) in [6, 6.07) is 5.08. The number of aromatic nitrogens is 1. The van der Waals surface area contributed by atoms with Crippen LogP contribution < -0.4 is 20.1 Å². The highest BCUT2D eigenvalue weighted by Crippen LogP contribution is 2.29. The molecule has 0 bridgehead atoms. The normalized spacial score (nSPS) is 11.7. The van der Waals surface area contributed by atoms with Crippen molar-refractivity contribution in [2.24, 2.45) is 0 Å². The number of rotatable bonds is 7. The van der Waals surface area contributed by atoms with Gasteiger partial charge in [-0.15, -0.1) is 11.3 Å². The molecule has 2 rings (SSSR count). The van der Waals surface area contributed by atoms with Gasteiger partial charge in [0, 0.05) is 23.9 Å². The molecule has 2 N–H and O–H groups in total. The lowest BCUT2D eigenvalue weighted by molar-refractivity contribution is 0.237. The Morgan fingerprint density at radius 3 is 2.75 bits per heavy atom. The molecule has 130 valence electrons. The summed E-state index contributed by atoms with van der Waals surface area (Å²) >= 11 is 1.61. The minimum Gasteiger partial charge on any atom is -0.497 e.